The van der Waals surface area contributed by atoms with Crippen LogP contribution in [0.25, 0.3) is 0 Å². The van der Waals surface area contributed by atoms with Crippen molar-refractivity contribution >= 4 is 6.09 Å². The molecule has 2 atom stereocenters. The third kappa shape index (κ3) is 3.16. The molecule has 1 saturated carbocycles. The van der Waals surface area contributed by atoms with Crippen molar-refractivity contribution in [2.45, 2.75) is 64.5 Å². The van der Waals surface area contributed by atoms with Crippen LogP contribution in [0.4, 0.5) is 4.79 Å². The molecular formula is C14H26N2O2. The zero-order valence-electron chi connectivity index (χ0n) is 11.9. The monoisotopic (exact) mass is 254 g/mol. The van der Waals surface area contributed by atoms with Gasteiger partial charge in [0.25, 0.3) is 0 Å². The van der Waals surface area contributed by atoms with Gasteiger partial charge in [0.15, 0.2) is 0 Å². The Morgan fingerprint density at radius 2 is 2.11 bits per heavy atom. The first-order chi connectivity index (χ1) is 8.30. The van der Waals surface area contributed by atoms with Gasteiger partial charge >= 0.3 is 6.09 Å². The number of carbonyl (C=O) groups is 1. The predicted molar refractivity (Wildman–Crippen MR) is 71.3 cm³/mol. The van der Waals surface area contributed by atoms with Gasteiger partial charge in [-0.15, -0.1) is 0 Å². The summed E-state index contributed by atoms with van der Waals surface area (Å²) in [6.07, 6.45) is 5.52. The topological polar surface area (TPSA) is 55.6 Å². The van der Waals surface area contributed by atoms with E-state index in [1.165, 1.54) is 12.8 Å². The van der Waals surface area contributed by atoms with E-state index in [0.717, 1.165) is 32.4 Å². The first-order valence-corrected chi connectivity index (χ1v) is 7.03. The van der Waals surface area contributed by atoms with Gasteiger partial charge in [0.1, 0.15) is 5.60 Å². The summed E-state index contributed by atoms with van der Waals surface area (Å²) in [5.74, 6) is 0. The van der Waals surface area contributed by atoms with Gasteiger partial charge in [0.2, 0.25) is 0 Å². The molecule has 0 radical (unpaired) electrons. The first-order valence-electron chi connectivity index (χ1n) is 7.03. The molecule has 1 aliphatic heterocycles. The van der Waals surface area contributed by atoms with E-state index < -0.39 is 5.60 Å². The second-order valence-corrected chi connectivity index (χ2v) is 7.01. The van der Waals surface area contributed by atoms with E-state index in [0.29, 0.717) is 6.04 Å². The lowest BCUT2D eigenvalue weighted by molar-refractivity contribution is 0.0259. The number of ether oxygens (including phenoxy) is 1. The largest absolute Gasteiger partial charge is 0.444 e. The van der Waals surface area contributed by atoms with Gasteiger partial charge in [-0.25, -0.2) is 4.79 Å². The van der Waals surface area contributed by atoms with E-state index in [9.17, 15) is 4.79 Å². The Labute approximate surface area is 110 Å². The number of nitrogens with zero attached hydrogens (tertiary/aromatic N) is 1. The van der Waals surface area contributed by atoms with Gasteiger partial charge in [-0.3, -0.25) is 0 Å². The minimum atomic E-state index is -0.407. The highest BCUT2D eigenvalue weighted by Crippen LogP contribution is 2.43. The van der Waals surface area contributed by atoms with Crippen LogP contribution in [0, 0.1) is 5.41 Å². The summed E-state index contributed by atoms with van der Waals surface area (Å²) < 4.78 is 5.44. The van der Waals surface area contributed by atoms with Crippen molar-refractivity contribution in [3.63, 3.8) is 0 Å². The summed E-state index contributed by atoms with van der Waals surface area (Å²) in [4.78, 5) is 13.9. The summed E-state index contributed by atoms with van der Waals surface area (Å²) in [6.45, 7) is 7.38. The number of hydrogen-bond acceptors (Lipinski definition) is 3. The van der Waals surface area contributed by atoms with Crippen molar-refractivity contribution in [1.29, 1.82) is 0 Å². The Bertz CT molecular complexity index is 324. The van der Waals surface area contributed by atoms with E-state index >= 15 is 0 Å². The molecule has 0 bridgehead atoms. The summed E-state index contributed by atoms with van der Waals surface area (Å²) >= 11 is 0. The molecule has 2 fully saturated rings. The fraction of sp³-hybridized carbons (Fsp3) is 0.929. The molecule has 1 amide bonds. The lowest BCUT2D eigenvalue weighted by Crippen LogP contribution is -2.40. The average Bonchev–Trinajstić information content (AvgIpc) is 2.59. The molecule has 1 saturated heterocycles. The standard InChI is InChI=1S/C14H26N2O2/c1-13(2,3)18-12(17)16-8-7-14(10-16)6-4-5-11(15)9-14/h11H,4-10,15H2,1-3H3. The lowest BCUT2D eigenvalue weighted by atomic mass is 9.72. The van der Waals surface area contributed by atoms with Gasteiger partial charge in [-0.2, -0.15) is 0 Å². The van der Waals surface area contributed by atoms with Crippen LogP contribution in [-0.2, 0) is 4.74 Å². The maximum atomic E-state index is 12.0. The first kappa shape index (κ1) is 13.7. The average molecular weight is 254 g/mol. The number of amides is 1. The highest BCUT2D eigenvalue weighted by atomic mass is 16.6. The summed E-state index contributed by atoms with van der Waals surface area (Å²) in [5, 5.41) is 0. The van der Waals surface area contributed by atoms with Crippen LogP contribution in [0.3, 0.4) is 0 Å². The van der Waals surface area contributed by atoms with Crippen LogP contribution < -0.4 is 5.73 Å². The molecule has 2 rings (SSSR count). The maximum Gasteiger partial charge on any atom is 0.410 e. The summed E-state index contributed by atoms with van der Waals surface area (Å²) in [5.41, 5.74) is 5.94. The minimum Gasteiger partial charge on any atom is -0.444 e. The molecule has 0 aromatic heterocycles. The van der Waals surface area contributed by atoms with Crippen LogP contribution >= 0.6 is 0 Å². The van der Waals surface area contributed by atoms with Crippen molar-refractivity contribution in [1.82, 2.24) is 4.90 Å². The second-order valence-electron chi connectivity index (χ2n) is 7.01. The highest BCUT2D eigenvalue weighted by molar-refractivity contribution is 5.68. The van der Waals surface area contributed by atoms with Crippen LogP contribution in [-0.4, -0.2) is 35.7 Å². The minimum absolute atomic E-state index is 0.168. The number of hydrogen-bond donors (Lipinski definition) is 1. The third-order valence-electron chi connectivity index (χ3n) is 4.07. The number of nitrogens with two attached hydrogens (primary N) is 1. The van der Waals surface area contributed by atoms with Gasteiger partial charge in [-0.05, 0) is 51.9 Å². The van der Waals surface area contributed by atoms with Crippen molar-refractivity contribution in [3.05, 3.63) is 0 Å². The molecule has 2 aliphatic rings. The molecule has 2 N–H and O–H groups in total. The van der Waals surface area contributed by atoms with Gasteiger partial charge in [0, 0.05) is 19.1 Å². The quantitative estimate of drug-likeness (QED) is 0.722. The van der Waals surface area contributed by atoms with Crippen LogP contribution in [0.5, 0.6) is 0 Å². The lowest BCUT2D eigenvalue weighted by Gasteiger charge is -2.36. The molecule has 4 nitrogen and oxygen atoms in total. The third-order valence-corrected chi connectivity index (χ3v) is 4.07. The molecule has 1 heterocycles. The normalized spacial score (nSPS) is 32.9. The SMILES string of the molecule is CC(C)(C)OC(=O)N1CCC2(CCCC(N)C2)C1. The molecule has 2 unspecified atom stereocenters. The van der Waals surface area contributed by atoms with E-state index in [2.05, 4.69) is 0 Å². The van der Waals surface area contributed by atoms with Gasteiger partial charge in [-0.1, -0.05) is 6.42 Å². The Morgan fingerprint density at radius 1 is 1.39 bits per heavy atom. The summed E-state index contributed by atoms with van der Waals surface area (Å²) in [6, 6.07) is 0.317. The van der Waals surface area contributed by atoms with Crippen molar-refractivity contribution < 1.29 is 9.53 Å². The predicted octanol–water partition coefficient (Wildman–Crippen LogP) is 2.51. The van der Waals surface area contributed by atoms with E-state index in [4.69, 9.17) is 10.5 Å². The zero-order chi connectivity index (χ0) is 13.4. The van der Waals surface area contributed by atoms with E-state index in [-0.39, 0.29) is 11.5 Å². The van der Waals surface area contributed by atoms with Gasteiger partial charge < -0.3 is 15.4 Å². The van der Waals surface area contributed by atoms with Crippen molar-refractivity contribution in [3.8, 4) is 0 Å². The van der Waals surface area contributed by atoms with Crippen LogP contribution in [0.1, 0.15) is 52.9 Å². The van der Waals surface area contributed by atoms with Crippen molar-refractivity contribution in [2.24, 2.45) is 11.1 Å². The smallest absolute Gasteiger partial charge is 0.410 e. The molecule has 18 heavy (non-hydrogen) atoms. The van der Waals surface area contributed by atoms with Crippen LogP contribution in [0.2, 0.25) is 0 Å². The molecule has 1 aliphatic carbocycles. The Balaban J connectivity index is 1.93. The number of rotatable bonds is 0. The fourth-order valence-corrected chi connectivity index (χ4v) is 3.29. The Kier molecular flexibility index (Phi) is 3.58. The summed E-state index contributed by atoms with van der Waals surface area (Å²) in [7, 11) is 0. The molecule has 0 aromatic rings. The second kappa shape index (κ2) is 4.72. The molecule has 1 spiro atoms. The number of likely N-dealkylation sites (tertiary alicyclic amines) is 1. The van der Waals surface area contributed by atoms with Crippen molar-refractivity contribution in [2.75, 3.05) is 13.1 Å². The fourth-order valence-electron chi connectivity index (χ4n) is 3.29. The molecule has 4 heteroatoms. The maximum absolute atomic E-state index is 12.0. The Hall–Kier alpha value is -0.770. The highest BCUT2D eigenvalue weighted by Gasteiger charge is 2.43. The zero-order valence-corrected chi connectivity index (χ0v) is 11.9. The molecule has 0 aromatic carbocycles. The van der Waals surface area contributed by atoms with E-state index in [1.807, 2.05) is 25.7 Å². The molecule has 104 valence electrons. The van der Waals surface area contributed by atoms with Crippen LogP contribution in [0.15, 0.2) is 0 Å². The van der Waals surface area contributed by atoms with Gasteiger partial charge in [0.05, 0.1) is 0 Å². The molecular weight excluding hydrogens is 228 g/mol. The Morgan fingerprint density at radius 3 is 2.72 bits per heavy atom. The number of carbonyl (C=O) groups excluding carboxylic acids is 1. The van der Waals surface area contributed by atoms with E-state index in [1.54, 1.807) is 0 Å².